The molecule has 168 valence electrons. The number of hydrogen-bond acceptors (Lipinski definition) is 3. The Bertz CT molecular complexity index is 896. The molecule has 0 radical (unpaired) electrons. The smallest absolute Gasteiger partial charge is 0.242 e. The van der Waals surface area contributed by atoms with Gasteiger partial charge in [-0.2, -0.15) is 0 Å². The van der Waals surface area contributed by atoms with Crippen molar-refractivity contribution in [2.24, 2.45) is 0 Å². The molecule has 0 aliphatic carbocycles. The van der Waals surface area contributed by atoms with Crippen molar-refractivity contribution in [2.45, 2.75) is 51.6 Å². The van der Waals surface area contributed by atoms with Crippen LogP contribution in [0.25, 0.3) is 0 Å². The predicted molar refractivity (Wildman–Crippen MR) is 127 cm³/mol. The lowest BCUT2D eigenvalue weighted by Gasteiger charge is -2.29. The molecule has 31 heavy (non-hydrogen) atoms. The van der Waals surface area contributed by atoms with Crippen molar-refractivity contribution >= 4 is 46.8 Å². The van der Waals surface area contributed by atoms with Crippen LogP contribution in [0, 0.1) is 5.82 Å². The van der Waals surface area contributed by atoms with Crippen molar-refractivity contribution < 1.29 is 14.0 Å². The average Bonchev–Trinajstić information content (AvgIpc) is 2.75. The molecule has 0 saturated carbocycles. The number of hydrogen-bond donors (Lipinski definition) is 1. The summed E-state index contributed by atoms with van der Waals surface area (Å²) in [7, 11) is 0. The number of nitrogens with one attached hydrogen (secondary N) is 1. The van der Waals surface area contributed by atoms with Crippen LogP contribution in [-0.2, 0) is 21.9 Å². The standard InChI is InChI=1S/C23H27Cl2FN2O2S/c1-4-15(2)27-23(30)16(3)28(12-18-7-10-20(24)21(25)11-18)22(29)14-31-13-17-5-8-19(26)9-6-17/h5-11,15-16H,4,12-14H2,1-3H3,(H,27,30). The van der Waals surface area contributed by atoms with E-state index in [4.69, 9.17) is 23.2 Å². The zero-order valence-corrected chi connectivity index (χ0v) is 20.2. The van der Waals surface area contributed by atoms with Crippen LogP contribution in [0.1, 0.15) is 38.3 Å². The van der Waals surface area contributed by atoms with E-state index in [0.29, 0.717) is 15.8 Å². The largest absolute Gasteiger partial charge is 0.352 e. The van der Waals surface area contributed by atoms with Gasteiger partial charge in [0.2, 0.25) is 11.8 Å². The zero-order valence-electron chi connectivity index (χ0n) is 17.8. The number of amides is 2. The lowest BCUT2D eigenvalue weighted by atomic mass is 10.1. The van der Waals surface area contributed by atoms with Gasteiger partial charge in [-0.1, -0.05) is 48.3 Å². The van der Waals surface area contributed by atoms with Gasteiger partial charge in [-0.15, -0.1) is 11.8 Å². The van der Waals surface area contributed by atoms with Crippen molar-refractivity contribution in [3.05, 3.63) is 69.5 Å². The molecule has 2 atom stereocenters. The SMILES string of the molecule is CCC(C)NC(=O)C(C)N(Cc1ccc(Cl)c(Cl)c1)C(=O)CSCc1ccc(F)cc1. The molecule has 2 rings (SSSR count). The molecule has 0 saturated heterocycles. The molecular formula is C23H27Cl2FN2O2S. The highest BCUT2D eigenvalue weighted by Gasteiger charge is 2.26. The molecule has 2 aromatic carbocycles. The van der Waals surface area contributed by atoms with Gasteiger partial charge in [0.1, 0.15) is 11.9 Å². The lowest BCUT2D eigenvalue weighted by molar-refractivity contribution is -0.138. The summed E-state index contributed by atoms with van der Waals surface area (Å²) >= 11 is 13.5. The first-order valence-corrected chi connectivity index (χ1v) is 12.0. The average molecular weight is 485 g/mol. The van der Waals surface area contributed by atoms with Crippen molar-refractivity contribution in [1.29, 1.82) is 0 Å². The van der Waals surface area contributed by atoms with E-state index in [1.54, 1.807) is 42.2 Å². The van der Waals surface area contributed by atoms with Crippen molar-refractivity contribution in [3.8, 4) is 0 Å². The van der Waals surface area contributed by atoms with Gasteiger partial charge in [0, 0.05) is 18.3 Å². The third-order valence-corrected chi connectivity index (χ3v) is 6.64. The first kappa shape index (κ1) is 25.5. The fraction of sp³-hybridized carbons (Fsp3) is 0.391. The second-order valence-electron chi connectivity index (χ2n) is 7.38. The Labute approximate surface area is 197 Å². The van der Waals surface area contributed by atoms with E-state index in [1.807, 2.05) is 13.8 Å². The van der Waals surface area contributed by atoms with Crippen LogP contribution in [0.4, 0.5) is 4.39 Å². The maximum absolute atomic E-state index is 13.1. The van der Waals surface area contributed by atoms with Crippen LogP contribution in [0.2, 0.25) is 10.0 Å². The number of carbonyl (C=O) groups is 2. The topological polar surface area (TPSA) is 49.4 Å². The van der Waals surface area contributed by atoms with Crippen LogP contribution in [0.3, 0.4) is 0 Å². The van der Waals surface area contributed by atoms with E-state index >= 15 is 0 Å². The van der Waals surface area contributed by atoms with Gasteiger partial charge in [0.05, 0.1) is 15.8 Å². The maximum atomic E-state index is 13.1. The Morgan fingerprint density at radius 1 is 1.06 bits per heavy atom. The first-order chi connectivity index (χ1) is 14.7. The van der Waals surface area contributed by atoms with Gasteiger partial charge in [0.15, 0.2) is 0 Å². The second kappa shape index (κ2) is 12.3. The summed E-state index contributed by atoms with van der Waals surface area (Å²) in [5.74, 6) is 0.106. The summed E-state index contributed by atoms with van der Waals surface area (Å²) in [6, 6.07) is 10.7. The molecule has 4 nitrogen and oxygen atoms in total. The number of halogens is 3. The van der Waals surface area contributed by atoms with Crippen molar-refractivity contribution in [1.82, 2.24) is 10.2 Å². The number of carbonyl (C=O) groups excluding carboxylic acids is 2. The molecule has 0 aliphatic rings. The molecule has 0 heterocycles. The predicted octanol–water partition coefficient (Wildman–Crippen LogP) is 5.70. The van der Waals surface area contributed by atoms with E-state index in [9.17, 15) is 14.0 Å². The monoisotopic (exact) mass is 484 g/mol. The van der Waals surface area contributed by atoms with Crippen LogP contribution in [0.5, 0.6) is 0 Å². The van der Waals surface area contributed by atoms with Crippen LogP contribution in [-0.4, -0.2) is 34.6 Å². The molecule has 1 N–H and O–H groups in total. The van der Waals surface area contributed by atoms with E-state index in [1.165, 1.54) is 23.9 Å². The minimum Gasteiger partial charge on any atom is -0.352 e. The highest BCUT2D eigenvalue weighted by atomic mass is 35.5. The molecule has 2 unspecified atom stereocenters. The minimum atomic E-state index is -0.651. The van der Waals surface area contributed by atoms with E-state index in [-0.39, 0.29) is 36.0 Å². The van der Waals surface area contributed by atoms with Gasteiger partial charge in [-0.25, -0.2) is 4.39 Å². The van der Waals surface area contributed by atoms with Crippen molar-refractivity contribution in [2.75, 3.05) is 5.75 Å². The molecule has 0 aromatic heterocycles. The van der Waals surface area contributed by atoms with Gasteiger partial charge < -0.3 is 10.2 Å². The minimum absolute atomic E-state index is 0.0183. The molecule has 8 heteroatoms. The number of rotatable bonds is 10. The number of benzene rings is 2. The quantitative estimate of drug-likeness (QED) is 0.470. The highest BCUT2D eigenvalue weighted by molar-refractivity contribution is 7.99. The molecule has 0 bridgehead atoms. The lowest BCUT2D eigenvalue weighted by Crippen LogP contribution is -2.50. The van der Waals surface area contributed by atoms with Gasteiger partial charge in [-0.3, -0.25) is 9.59 Å². The Hall–Kier alpha value is -1.76. The normalized spacial score (nSPS) is 12.8. The third-order valence-electron chi connectivity index (χ3n) is 4.91. The van der Waals surface area contributed by atoms with Gasteiger partial charge in [0.25, 0.3) is 0 Å². The molecular weight excluding hydrogens is 458 g/mol. The number of thioether (sulfide) groups is 1. The third kappa shape index (κ3) is 8.02. The fourth-order valence-electron chi connectivity index (χ4n) is 2.80. The van der Waals surface area contributed by atoms with Crippen LogP contribution in [0.15, 0.2) is 42.5 Å². The Morgan fingerprint density at radius 3 is 2.32 bits per heavy atom. The molecule has 0 spiro atoms. The first-order valence-electron chi connectivity index (χ1n) is 10.1. The Kier molecular flexibility index (Phi) is 10.1. The highest BCUT2D eigenvalue weighted by Crippen LogP contribution is 2.24. The summed E-state index contributed by atoms with van der Waals surface area (Å²) < 4.78 is 13.1. The van der Waals surface area contributed by atoms with Crippen LogP contribution >= 0.6 is 35.0 Å². The fourth-order valence-corrected chi connectivity index (χ4v) is 3.99. The molecule has 0 fully saturated rings. The molecule has 0 aliphatic heterocycles. The Balaban J connectivity index is 2.10. The summed E-state index contributed by atoms with van der Waals surface area (Å²) in [5.41, 5.74) is 1.72. The zero-order chi connectivity index (χ0) is 23.0. The van der Waals surface area contributed by atoms with E-state index < -0.39 is 6.04 Å². The van der Waals surface area contributed by atoms with Crippen LogP contribution < -0.4 is 5.32 Å². The molecule has 2 aromatic rings. The maximum Gasteiger partial charge on any atom is 0.242 e. The second-order valence-corrected chi connectivity index (χ2v) is 9.18. The van der Waals surface area contributed by atoms with Crippen molar-refractivity contribution in [3.63, 3.8) is 0 Å². The van der Waals surface area contributed by atoms with Gasteiger partial charge >= 0.3 is 0 Å². The number of nitrogens with zero attached hydrogens (tertiary/aromatic N) is 1. The summed E-state index contributed by atoms with van der Waals surface area (Å²) in [5, 5.41) is 3.76. The van der Waals surface area contributed by atoms with E-state index in [2.05, 4.69) is 5.32 Å². The summed E-state index contributed by atoms with van der Waals surface area (Å²) in [4.78, 5) is 27.3. The summed E-state index contributed by atoms with van der Waals surface area (Å²) in [6.07, 6.45) is 0.798. The molecule has 2 amide bonds. The van der Waals surface area contributed by atoms with E-state index in [0.717, 1.165) is 17.5 Å². The summed E-state index contributed by atoms with van der Waals surface area (Å²) in [6.45, 7) is 5.87. The Morgan fingerprint density at radius 2 is 1.71 bits per heavy atom. The van der Waals surface area contributed by atoms with Gasteiger partial charge in [-0.05, 0) is 55.7 Å².